The molecule has 0 aliphatic rings. The van der Waals surface area contributed by atoms with Crippen LogP contribution in [-0.4, -0.2) is 45.7 Å². The number of methoxy groups -OCH3 is 3. The van der Waals surface area contributed by atoms with Crippen LogP contribution in [0.3, 0.4) is 0 Å². The van der Waals surface area contributed by atoms with Gasteiger partial charge in [0.25, 0.3) is 0 Å². The molecule has 0 heterocycles. The average Bonchev–Trinajstić information content (AvgIpc) is 2.66. The van der Waals surface area contributed by atoms with E-state index in [-0.39, 0.29) is 33.0 Å². The third kappa shape index (κ3) is 5.54. The third-order valence-electron chi connectivity index (χ3n) is 4.56. The number of carbonyl (C=O) groups is 1. The van der Waals surface area contributed by atoms with Crippen LogP contribution in [0, 0.1) is 0 Å². The predicted octanol–water partition coefficient (Wildman–Crippen LogP) is 4.45. The quantitative estimate of drug-likeness (QED) is 0.488. The number of rotatable bonds is 8. The normalized spacial score (nSPS) is 11.0. The fourth-order valence-corrected chi connectivity index (χ4v) is 4.33. The Bertz CT molecular complexity index is 793. The summed E-state index contributed by atoms with van der Waals surface area (Å²) in [5.41, 5.74) is 2.90. The SMILES string of the molecule is COc1cc(OC)c(C(=O)Pc2cc(C(C)C)ccc2C(C)C)c(OC)c1.[LiH]. The molecule has 2 aromatic rings. The van der Waals surface area contributed by atoms with Crippen molar-refractivity contribution in [1.29, 1.82) is 0 Å². The molecule has 0 radical (unpaired) electrons. The van der Waals surface area contributed by atoms with E-state index in [0.29, 0.717) is 34.6 Å². The van der Waals surface area contributed by atoms with Gasteiger partial charge < -0.3 is 14.2 Å². The van der Waals surface area contributed by atoms with Gasteiger partial charge in [-0.15, -0.1) is 0 Å². The van der Waals surface area contributed by atoms with E-state index in [0.717, 1.165) is 5.30 Å². The van der Waals surface area contributed by atoms with E-state index >= 15 is 0 Å². The number of benzene rings is 2. The molecule has 0 N–H and O–H groups in total. The monoisotopic (exact) mass is 396 g/mol. The third-order valence-corrected chi connectivity index (χ3v) is 5.74. The summed E-state index contributed by atoms with van der Waals surface area (Å²) in [6, 6.07) is 9.91. The van der Waals surface area contributed by atoms with Crippen LogP contribution in [0.1, 0.15) is 61.0 Å². The standard InChI is InChI=1S/C22H29O4P.Li.H/c1-13(2)15-8-9-17(14(3)4)20(10-15)27-22(23)21-18(25-6)11-16(24-5)12-19(21)26-7;;/h8-14,27H,1-7H3;;. The number of ether oxygens (including phenoxy) is 3. The van der Waals surface area contributed by atoms with Crippen LogP contribution in [0.25, 0.3) is 0 Å². The van der Waals surface area contributed by atoms with E-state index in [2.05, 4.69) is 45.9 Å². The second-order valence-electron chi connectivity index (χ2n) is 7.02. The molecule has 0 bridgehead atoms. The van der Waals surface area contributed by atoms with Gasteiger partial charge in [0.2, 0.25) is 0 Å². The molecule has 0 saturated heterocycles. The molecular weight excluding hydrogens is 366 g/mol. The van der Waals surface area contributed by atoms with Gasteiger partial charge in [-0.25, -0.2) is 0 Å². The van der Waals surface area contributed by atoms with Gasteiger partial charge in [-0.05, 0) is 36.8 Å². The first-order chi connectivity index (χ1) is 12.8. The molecule has 1 atom stereocenters. The molecule has 2 rings (SSSR count). The zero-order valence-electron chi connectivity index (χ0n) is 17.2. The Morgan fingerprint density at radius 1 is 0.857 bits per heavy atom. The van der Waals surface area contributed by atoms with E-state index in [1.54, 1.807) is 33.5 Å². The molecule has 6 heteroatoms. The Morgan fingerprint density at radius 3 is 1.86 bits per heavy atom. The van der Waals surface area contributed by atoms with Crippen LogP contribution in [0.5, 0.6) is 17.2 Å². The molecule has 0 aliphatic carbocycles. The fraction of sp³-hybridized carbons (Fsp3) is 0.409. The van der Waals surface area contributed by atoms with Crippen molar-refractivity contribution in [2.45, 2.75) is 39.5 Å². The van der Waals surface area contributed by atoms with Gasteiger partial charge in [0, 0.05) is 12.1 Å². The van der Waals surface area contributed by atoms with Gasteiger partial charge in [-0.3, -0.25) is 4.79 Å². The van der Waals surface area contributed by atoms with E-state index in [1.165, 1.54) is 11.1 Å². The second kappa shape index (κ2) is 10.9. The molecular formula is C22H30LiO4P. The summed E-state index contributed by atoms with van der Waals surface area (Å²) < 4.78 is 16.2. The zero-order valence-corrected chi connectivity index (χ0v) is 18.2. The van der Waals surface area contributed by atoms with Gasteiger partial charge in [-0.1, -0.05) is 45.9 Å². The molecule has 0 saturated carbocycles. The number of hydrogen-bond acceptors (Lipinski definition) is 4. The van der Waals surface area contributed by atoms with Crippen molar-refractivity contribution in [3.05, 3.63) is 47.0 Å². The number of carbonyl (C=O) groups excluding carboxylic acids is 1. The number of hydrogen-bond donors (Lipinski definition) is 0. The second-order valence-corrected chi connectivity index (χ2v) is 8.26. The van der Waals surface area contributed by atoms with Gasteiger partial charge in [-0.2, -0.15) is 0 Å². The van der Waals surface area contributed by atoms with Gasteiger partial charge in [0.1, 0.15) is 22.8 Å². The topological polar surface area (TPSA) is 44.8 Å². The van der Waals surface area contributed by atoms with E-state index in [9.17, 15) is 4.79 Å². The molecule has 0 fully saturated rings. The fourth-order valence-electron chi connectivity index (χ4n) is 2.96. The Labute approximate surface area is 182 Å². The summed E-state index contributed by atoms with van der Waals surface area (Å²) in [4.78, 5) is 13.2. The summed E-state index contributed by atoms with van der Waals surface area (Å²) in [6.45, 7) is 8.62. The Hall–Kier alpha value is -1.46. The van der Waals surface area contributed by atoms with Crippen LogP contribution in [-0.2, 0) is 0 Å². The first-order valence-electron chi connectivity index (χ1n) is 9.07. The molecule has 148 valence electrons. The Morgan fingerprint density at radius 2 is 1.43 bits per heavy atom. The summed E-state index contributed by atoms with van der Waals surface area (Å²) in [5.74, 6) is 2.29. The summed E-state index contributed by atoms with van der Waals surface area (Å²) >= 11 is 0. The van der Waals surface area contributed by atoms with Gasteiger partial charge in [0.05, 0.1) is 21.3 Å². The molecule has 0 spiro atoms. The summed E-state index contributed by atoms with van der Waals surface area (Å²) in [6.07, 6.45) is 0. The van der Waals surface area contributed by atoms with Crippen molar-refractivity contribution in [1.82, 2.24) is 0 Å². The van der Waals surface area contributed by atoms with Crippen LogP contribution in [0.2, 0.25) is 0 Å². The molecule has 0 aliphatic heterocycles. The van der Waals surface area contributed by atoms with E-state index in [4.69, 9.17) is 14.2 Å². The van der Waals surface area contributed by atoms with E-state index in [1.807, 2.05) is 0 Å². The van der Waals surface area contributed by atoms with Crippen molar-refractivity contribution in [2.75, 3.05) is 21.3 Å². The zero-order chi connectivity index (χ0) is 20.1. The molecule has 28 heavy (non-hydrogen) atoms. The first-order valence-corrected chi connectivity index (χ1v) is 10.1. The minimum absolute atomic E-state index is 0. The summed E-state index contributed by atoms with van der Waals surface area (Å²) in [5, 5.41) is 1.08. The molecule has 0 aromatic heterocycles. The predicted molar refractivity (Wildman–Crippen MR) is 120 cm³/mol. The van der Waals surface area contributed by atoms with Gasteiger partial charge >= 0.3 is 18.9 Å². The molecule has 2 aromatic carbocycles. The maximum absolute atomic E-state index is 13.2. The van der Waals surface area contributed by atoms with Gasteiger partial charge in [0.15, 0.2) is 5.52 Å². The molecule has 4 nitrogen and oxygen atoms in total. The maximum atomic E-state index is 13.2. The van der Waals surface area contributed by atoms with Crippen LogP contribution in [0.15, 0.2) is 30.3 Å². The average molecular weight is 396 g/mol. The van der Waals surface area contributed by atoms with Crippen molar-refractivity contribution in [2.24, 2.45) is 0 Å². The van der Waals surface area contributed by atoms with Crippen molar-refractivity contribution < 1.29 is 19.0 Å². The van der Waals surface area contributed by atoms with Crippen LogP contribution in [0.4, 0.5) is 0 Å². The van der Waals surface area contributed by atoms with E-state index < -0.39 is 0 Å². The Balaban J connectivity index is 0.00000392. The Kier molecular flexibility index (Phi) is 9.58. The minimum atomic E-state index is -0.00703. The van der Waals surface area contributed by atoms with Crippen molar-refractivity contribution in [3.63, 3.8) is 0 Å². The van der Waals surface area contributed by atoms with Crippen molar-refractivity contribution in [3.8, 4) is 17.2 Å². The molecule has 1 unspecified atom stereocenters. The van der Waals surface area contributed by atoms with Crippen LogP contribution < -0.4 is 19.5 Å². The molecule has 0 amide bonds. The summed E-state index contributed by atoms with van der Waals surface area (Å²) in [7, 11) is 4.66. The van der Waals surface area contributed by atoms with Crippen LogP contribution >= 0.6 is 8.58 Å². The first kappa shape index (κ1) is 24.6. The van der Waals surface area contributed by atoms with Crippen molar-refractivity contribution >= 4 is 38.3 Å².